The minimum Gasteiger partial charge on any atom is -0.381 e. The fourth-order valence-electron chi connectivity index (χ4n) is 1.82. The van der Waals surface area contributed by atoms with Gasteiger partial charge < -0.3 is 5.32 Å². The van der Waals surface area contributed by atoms with Gasteiger partial charge in [-0.25, -0.2) is 0 Å². The van der Waals surface area contributed by atoms with E-state index in [-0.39, 0.29) is 5.78 Å². The zero-order valence-corrected chi connectivity index (χ0v) is 10.7. The normalized spacial score (nSPS) is 10.1. The highest BCUT2D eigenvalue weighted by molar-refractivity contribution is 5.95. The van der Waals surface area contributed by atoms with Crippen molar-refractivity contribution >= 4 is 11.5 Å². The van der Waals surface area contributed by atoms with Crippen LogP contribution in [0.1, 0.15) is 28.4 Å². The number of hydrogen-bond acceptors (Lipinski definition) is 2. The Hall–Kier alpha value is -2.09. The Morgan fingerprint density at radius 2 is 1.83 bits per heavy atom. The van der Waals surface area contributed by atoms with Gasteiger partial charge in [0.25, 0.3) is 0 Å². The first-order valence-electron chi connectivity index (χ1n) is 6.06. The second-order valence-corrected chi connectivity index (χ2v) is 4.43. The molecule has 2 heteroatoms. The van der Waals surface area contributed by atoms with Crippen LogP contribution >= 0.6 is 0 Å². The molecule has 0 heterocycles. The molecule has 0 atom stereocenters. The predicted molar refractivity (Wildman–Crippen MR) is 75.0 cm³/mol. The Balaban J connectivity index is 2.14. The topological polar surface area (TPSA) is 29.1 Å². The molecule has 0 fully saturated rings. The van der Waals surface area contributed by atoms with Crippen LogP contribution in [0.3, 0.4) is 0 Å². The van der Waals surface area contributed by atoms with Crippen molar-refractivity contribution in [2.24, 2.45) is 0 Å². The summed E-state index contributed by atoms with van der Waals surface area (Å²) < 4.78 is 0. The summed E-state index contributed by atoms with van der Waals surface area (Å²) in [4.78, 5) is 11.4. The number of carbonyl (C=O) groups excluding carboxylic acids is 1. The van der Waals surface area contributed by atoms with E-state index in [4.69, 9.17) is 0 Å². The number of hydrogen-bond donors (Lipinski definition) is 1. The second-order valence-electron chi connectivity index (χ2n) is 4.43. The molecule has 0 saturated heterocycles. The molecule has 0 radical (unpaired) electrons. The largest absolute Gasteiger partial charge is 0.381 e. The summed E-state index contributed by atoms with van der Waals surface area (Å²) in [5.41, 5.74) is 4.14. The van der Waals surface area contributed by atoms with E-state index < -0.39 is 0 Å². The van der Waals surface area contributed by atoms with Gasteiger partial charge >= 0.3 is 0 Å². The van der Waals surface area contributed by atoms with Crippen LogP contribution in [0.25, 0.3) is 0 Å². The van der Waals surface area contributed by atoms with E-state index in [1.54, 1.807) is 6.92 Å². The highest BCUT2D eigenvalue weighted by atomic mass is 16.1. The minimum atomic E-state index is 0.0951. The van der Waals surface area contributed by atoms with Crippen molar-refractivity contribution < 1.29 is 4.79 Å². The molecule has 2 rings (SSSR count). The number of aryl methyl sites for hydroxylation is 1. The Kier molecular flexibility index (Phi) is 3.78. The molecular formula is C16H17NO. The highest BCUT2D eigenvalue weighted by Gasteiger charge is 2.03. The summed E-state index contributed by atoms with van der Waals surface area (Å²) in [6.45, 7) is 4.39. The maximum absolute atomic E-state index is 11.4. The number of nitrogens with one attached hydrogen (secondary N) is 1. The Bertz CT molecular complexity index is 546. The Morgan fingerprint density at radius 3 is 2.50 bits per heavy atom. The Morgan fingerprint density at radius 1 is 1.11 bits per heavy atom. The number of carbonyl (C=O) groups is 1. The lowest BCUT2D eigenvalue weighted by Gasteiger charge is -2.10. The lowest BCUT2D eigenvalue weighted by molar-refractivity contribution is 0.101. The number of Topliss-reactive ketones (excluding diaryl/α,β-unsaturated/α-hetero) is 1. The van der Waals surface area contributed by atoms with Crippen molar-refractivity contribution in [3.8, 4) is 0 Å². The molecule has 2 aromatic rings. The van der Waals surface area contributed by atoms with E-state index in [2.05, 4.69) is 17.4 Å². The van der Waals surface area contributed by atoms with Crippen LogP contribution in [0.4, 0.5) is 5.69 Å². The molecule has 0 bridgehead atoms. The first-order valence-corrected chi connectivity index (χ1v) is 6.06. The molecule has 0 unspecified atom stereocenters. The van der Waals surface area contributed by atoms with Gasteiger partial charge in [0.15, 0.2) is 5.78 Å². The van der Waals surface area contributed by atoms with Crippen LogP contribution in [-0.4, -0.2) is 5.78 Å². The van der Waals surface area contributed by atoms with Crippen molar-refractivity contribution in [3.05, 3.63) is 65.2 Å². The van der Waals surface area contributed by atoms with E-state index >= 15 is 0 Å². The SMILES string of the molecule is CC(=O)c1ccc(C)c(NCc2ccccc2)c1. The average Bonchev–Trinajstić information content (AvgIpc) is 2.38. The van der Waals surface area contributed by atoms with Gasteiger partial charge in [-0.15, -0.1) is 0 Å². The molecule has 1 N–H and O–H groups in total. The number of ketones is 1. The predicted octanol–water partition coefficient (Wildman–Crippen LogP) is 3.81. The standard InChI is InChI=1S/C16H17NO/c1-12-8-9-15(13(2)18)10-16(12)17-11-14-6-4-3-5-7-14/h3-10,17H,11H2,1-2H3. The summed E-state index contributed by atoms with van der Waals surface area (Å²) in [5, 5.41) is 3.37. The van der Waals surface area contributed by atoms with Crippen molar-refractivity contribution in [2.45, 2.75) is 20.4 Å². The van der Waals surface area contributed by atoms with E-state index in [0.29, 0.717) is 0 Å². The monoisotopic (exact) mass is 239 g/mol. The summed E-state index contributed by atoms with van der Waals surface area (Å²) >= 11 is 0. The minimum absolute atomic E-state index is 0.0951. The first-order chi connectivity index (χ1) is 8.66. The third-order valence-electron chi connectivity index (χ3n) is 2.97. The maximum Gasteiger partial charge on any atom is 0.159 e. The van der Waals surface area contributed by atoms with Crippen molar-refractivity contribution in [3.63, 3.8) is 0 Å². The molecule has 0 amide bonds. The van der Waals surface area contributed by atoms with Gasteiger partial charge in [0, 0.05) is 17.8 Å². The number of rotatable bonds is 4. The third-order valence-corrected chi connectivity index (χ3v) is 2.97. The van der Waals surface area contributed by atoms with Gasteiger partial charge in [0.2, 0.25) is 0 Å². The van der Waals surface area contributed by atoms with Gasteiger partial charge in [-0.05, 0) is 31.0 Å². The molecule has 0 spiro atoms. The number of anilines is 1. The van der Waals surface area contributed by atoms with Crippen LogP contribution in [0, 0.1) is 6.92 Å². The summed E-state index contributed by atoms with van der Waals surface area (Å²) in [6.07, 6.45) is 0. The molecule has 2 nitrogen and oxygen atoms in total. The lowest BCUT2D eigenvalue weighted by atomic mass is 10.1. The van der Waals surface area contributed by atoms with Gasteiger partial charge in [-0.2, -0.15) is 0 Å². The fourth-order valence-corrected chi connectivity index (χ4v) is 1.82. The van der Waals surface area contributed by atoms with Crippen molar-refractivity contribution in [1.82, 2.24) is 0 Å². The summed E-state index contributed by atoms with van der Waals surface area (Å²) in [5.74, 6) is 0.0951. The van der Waals surface area contributed by atoms with E-state index in [1.807, 2.05) is 43.3 Å². The molecule has 0 aliphatic rings. The fraction of sp³-hybridized carbons (Fsp3) is 0.188. The van der Waals surface area contributed by atoms with Crippen LogP contribution < -0.4 is 5.32 Å². The zero-order chi connectivity index (χ0) is 13.0. The van der Waals surface area contributed by atoms with Crippen molar-refractivity contribution in [2.75, 3.05) is 5.32 Å². The van der Waals surface area contributed by atoms with Crippen LogP contribution in [-0.2, 0) is 6.54 Å². The van der Waals surface area contributed by atoms with Gasteiger partial charge in [0.1, 0.15) is 0 Å². The van der Waals surface area contributed by atoms with E-state index in [1.165, 1.54) is 5.56 Å². The Labute approximate surface area is 108 Å². The molecular weight excluding hydrogens is 222 g/mol. The molecule has 2 aromatic carbocycles. The van der Waals surface area contributed by atoms with Gasteiger partial charge in [-0.1, -0.05) is 42.5 Å². The zero-order valence-electron chi connectivity index (χ0n) is 10.7. The molecule has 18 heavy (non-hydrogen) atoms. The average molecular weight is 239 g/mol. The molecule has 0 aromatic heterocycles. The lowest BCUT2D eigenvalue weighted by Crippen LogP contribution is -2.02. The molecule has 0 aliphatic carbocycles. The maximum atomic E-state index is 11.4. The van der Waals surface area contributed by atoms with Gasteiger partial charge in [-0.3, -0.25) is 4.79 Å². The number of benzene rings is 2. The molecule has 0 aliphatic heterocycles. The molecule has 0 saturated carbocycles. The summed E-state index contributed by atoms with van der Waals surface area (Å²) in [6, 6.07) is 16.0. The van der Waals surface area contributed by atoms with Crippen LogP contribution in [0.2, 0.25) is 0 Å². The van der Waals surface area contributed by atoms with Crippen LogP contribution in [0.5, 0.6) is 0 Å². The highest BCUT2D eigenvalue weighted by Crippen LogP contribution is 2.18. The third kappa shape index (κ3) is 2.98. The summed E-state index contributed by atoms with van der Waals surface area (Å²) in [7, 11) is 0. The smallest absolute Gasteiger partial charge is 0.159 e. The quantitative estimate of drug-likeness (QED) is 0.822. The van der Waals surface area contributed by atoms with Gasteiger partial charge in [0.05, 0.1) is 0 Å². The van der Waals surface area contributed by atoms with E-state index in [0.717, 1.165) is 23.4 Å². The molecule has 92 valence electrons. The van der Waals surface area contributed by atoms with Crippen molar-refractivity contribution in [1.29, 1.82) is 0 Å². The van der Waals surface area contributed by atoms with Crippen LogP contribution in [0.15, 0.2) is 48.5 Å². The first kappa shape index (κ1) is 12.4. The second kappa shape index (κ2) is 5.50. The van der Waals surface area contributed by atoms with E-state index in [9.17, 15) is 4.79 Å².